The molecule has 0 bridgehead atoms. The second-order valence-corrected chi connectivity index (χ2v) is 14.1. The molecule has 0 radical (unpaired) electrons. The Hall–Kier alpha value is -4.25. The number of nitrogens with zero attached hydrogens (tertiary/aromatic N) is 1. The maximum atomic E-state index is 14.5. The summed E-state index contributed by atoms with van der Waals surface area (Å²) in [5, 5.41) is 0. The highest BCUT2D eigenvalue weighted by molar-refractivity contribution is 6.13. The van der Waals surface area contributed by atoms with Crippen LogP contribution in [0.3, 0.4) is 0 Å². The first-order valence-electron chi connectivity index (χ1n) is 17.2. The van der Waals surface area contributed by atoms with Gasteiger partial charge in [-0.2, -0.15) is 0 Å². The average molecular weight is 688 g/mol. The number of hydrogen-bond donors (Lipinski definition) is 0. The molecule has 268 valence electrons. The lowest BCUT2D eigenvalue weighted by molar-refractivity contribution is -0.223. The molecule has 10 heteroatoms. The maximum Gasteiger partial charge on any atom is 0.347 e. The van der Waals surface area contributed by atoms with Crippen LogP contribution in [-0.4, -0.2) is 65.6 Å². The molecule has 6 rings (SSSR count). The van der Waals surface area contributed by atoms with Crippen molar-refractivity contribution in [3.8, 4) is 5.75 Å². The summed E-state index contributed by atoms with van der Waals surface area (Å²) < 4.78 is 34.8. The van der Waals surface area contributed by atoms with Gasteiger partial charge in [0.2, 0.25) is 5.91 Å². The van der Waals surface area contributed by atoms with E-state index in [4.69, 9.17) is 28.4 Å². The van der Waals surface area contributed by atoms with Crippen molar-refractivity contribution in [1.82, 2.24) is 4.90 Å². The van der Waals surface area contributed by atoms with Gasteiger partial charge < -0.3 is 33.3 Å². The van der Waals surface area contributed by atoms with Crippen molar-refractivity contribution in [3.63, 3.8) is 0 Å². The SMILES string of the molecule is CC1CCCO1.COc1ccc(CN2C(=O)[C@@H]3C[C@H](OCc4ccccc4)O[C@]3(C)[C@]2(C(=O)OCc2ccccc2)C(=O)OC(C)(C)C)cc1. The van der Waals surface area contributed by atoms with Crippen LogP contribution in [0.15, 0.2) is 84.9 Å². The van der Waals surface area contributed by atoms with E-state index < -0.39 is 46.8 Å². The van der Waals surface area contributed by atoms with Crippen molar-refractivity contribution < 1.29 is 42.8 Å². The number of rotatable bonds is 10. The van der Waals surface area contributed by atoms with Crippen molar-refractivity contribution in [2.24, 2.45) is 5.92 Å². The Bertz CT molecular complexity index is 1580. The monoisotopic (exact) mass is 687 g/mol. The zero-order chi connectivity index (χ0) is 35.9. The van der Waals surface area contributed by atoms with E-state index in [9.17, 15) is 14.4 Å². The third-order valence-electron chi connectivity index (χ3n) is 9.30. The minimum atomic E-state index is -2.26. The standard InChI is InChI=1S/C35H39NO8.C5H10O/c1-33(2,3)44-32(39)35(31(38)42-23-26-14-10-7-11-15-26)34(4)28(20-29(43-34)41-22-25-12-8-6-9-13-25)30(37)36(35)21-24-16-18-27(40-5)19-17-24;1-5-3-2-4-6-5/h6-19,28-29H,20-23H2,1-5H3;5H,2-4H2,1H3/t28-,29+,34-,35-;/m0./s1. The molecule has 0 aromatic heterocycles. The average Bonchev–Trinajstić information content (AvgIpc) is 3.76. The molecule has 3 aliphatic rings. The van der Waals surface area contributed by atoms with E-state index in [-0.39, 0.29) is 26.2 Å². The van der Waals surface area contributed by atoms with Crippen LogP contribution in [0.25, 0.3) is 0 Å². The summed E-state index contributed by atoms with van der Waals surface area (Å²) in [5.41, 5.74) is -2.57. The molecule has 3 fully saturated rings. The fourth-order valence-electron chi connectivity index (χ4n) is 6.72. The highest BCUT2D eigenvalue weighted by atomic mass is 16.7. The predicted octanol–water partition coefficient (Wildman–Crippen LogP) is 6.38. The van der Waals surface area contributed by atoms with Gasteiger partial charge in [-0.05, 0) is 76.3 Å². The summed E-state index contributed by atoms with van der Waals surface area (Å²) in [4.78, 5) is 44.6. The second kappa shape index (κ2) is 15.7. The zero-order valence-corrected chi connectivity index (χ0v) is 29.9. The normalized spacial score (nSPS) is 25.8. The Kier molecular flexibility index (Phi) is 11.7. The number of hydrogen-bond acceptors (Lipinski definition) is 9. The number of methoxy groups -OCH3 is 1. The molecule has 1 amide bonds. The fourth-order valence-corrected chi connectivity index (χ4v) is 6.72. The first-order chi connectivity index (χ1) is 23.9. The minimum absolute atomic E-state index is 0.0620. The highest BCUT2D eigenvalue weighted by Gasteiger charge is 2.79. The topological polar surface area (TPSA) is 110 Å². The maximum absolute atomic E-state index is 14.5. The molecule has 3 aliphatic heterocycles. The van der Waals surface area contributed by atoms with Gasteiger partial charge in [-0.3, -0.25) is 4.79 Å². The Morgan fingerprint density at radius 2 is 1.50 bits per heavy atom. The first kappa shape index (κ1) is 37.0. The van der Waals surface area contributed by atoms with E-state index in [0.717, 1.165) is 17.7 Å². The minimum Gasteiger partial charge on any atom is -0.497 e. The molecule has 50 heavy (non-hydrogen) atoms. The van der Waals surface area contributed by atoms with E-state index in [0.29, 0.717) is 17.4 Å². The first-order valence-corrected chi connectivity index (χ1v) is 17.2. The number of ether oxygens (including phenoxy) is 6. The van der Waals surface area contributed by atoms with Crippen LogP contribution in [0.4, 0.5) is 0 Å². The van der Waals surface area contributed by atoms with E-state index in [1.165, 1.54) is 17.7 Å². The molecule has 0 N–H and O–H groups in total. The van der Waals surface area contributed by atoms with E-state index in [1.54, 1.807) is 59.1 Å². The molecule has 0 aliphatic carbocycles. The van der Waals surface area contributed by atoms with Gasteiger partial charge in [0.05, 0.1) is 25.7 Å². The third-order valence-corrected chi connectivity index (χ3v) is 9.30. The number of carbonyl (C=O) groups excluding carboxylic acids is 3. The zero-order valence-electron chi connectivity index (χ0n) is 29.9. The molecule has 3 aromatic carbocycles. The fraction of sp³-hybridized carbons (Fsp3) is 0.475. The summed E-state index contributed by atoms with van der Waals surface area (Å²) in [6, 6.07) is 25.8. The number of carbonyl (C=O) groups is 3. The Balaban J connectivity index is 0.000000732. The van der Waals surface area contributed by atoms with Crippen LogP contribution in [0.5, 0.6) is 5.75 Å². The number of fused-ring (bicyclic) bond motifs is 1. The molecular weight excluding hydrogens is 638 g/mol. The van der Waals surface area contributed by atoms with Crippen LogP contribution >= 0.6 is 0 Å². The lowest BCUT2D eigenvalue weighted by Gasteiger charge is -2.43. The summed E-state index contributed by atoms with van der Waals surface area (Å²) in [6.45, 7) is 9.91. The molecular formula is C40H49NO9. The molecule has 3 aromatic rings. The molecule has 1 unspecified atom stereocenters. The summed E-state index contributed by atoms with van der Waals surface area (Å²) in [7, 11) is 1.56. The molecule has 0 saturated carbocycles. The van der Waals surface area contributed by atoms with Crippen LogP contribution < -0.4 is 4.74 Å². The molecule has 0 spiro atoms. The van der Waals surface area contributed by atoms with E-state index in [1.807, 2.05) is 60.7 Å². The van der Waals surface area contributed by atoms with Crippen molar-refractivity contribution in [3.05, 3.63) is 102 Å². The lowest BCUT2D eigenvalue weighted by Crippen LogP contribution is -2.69. The van der Waals surface area contributed by atoms with Crippen molar-refractivity contribution >= 4 is 17.8 Å². The van der Waals surface area contributed by atoms with Gasteiger partial charge in [0.25, 0.3) is 5.54 Å². The summed E-state index contributed by atoms with van der Waals surface area (Å²) >= 11 is 0. The van der Waals surface area contributed by atoms with Gasteiger partial charge in [0.1, 0.15) is 23.6 Å². The molecule has 3 heterocycles. The number of benzene rings is 3. The van der Waals surface area contributed by atoms with Crippen molar-refractivity contribution in [1.29, 1.82) is 0 Å². The predicted molar refractivity (Wildman–Crippen MR) is 186 cm³/mol. The Morgan fingerprint density at radius 3 is 2.02 bits per heavy atom. The van der Waals surface area contributed by atoms with Crippen LogP contribution in [-0.2, 0) is 57.8 Å². The third kappa shape index (κ3) is 8.04. The molecule has 5 atom stereocenters. The van der Waals surface area contributed by atoms with Crippen LogP contribution in [0, 0.1) is 5.92 Å². The Morgan fingerprint density at radius 1 is 0.880 bits per heavy atom. The quantitative estimate of drug-likeness (QED) is 0.177. The Labute approximate surface area is 294 Å². The smallest absolute Gasteiger partial charge is 0.347 e. The number of likely N-dealkylation sites (tertiary alicyclic amines) is 1. The van der Waals surface area contributed by atoms with Crippen molar-refractivity contribution in [2.45, 2.75) is 103 Å². The molecule has 3 saturated heterocycles. The van der Waals surface area contributed by atoms with Crippen molar-refractivity contribution in [2.75, 3.05) is 13.7 Å². The van der Waals surface area contributed by atoms with Crippen LogP contribution in [0.1, 0.15) is 70.6 Å². The van der Waals surface area contributed by atoms with Gasteiger partial charge in [-0.25, -0.2) is 9.59 Å². The summed E-state index contributed by atoms with van der Waals surface area (Å²) in [5.74, 6) is -2.51. The van der Waals surface area contributed by atoms with E-state index >= 15 is 0 Å². The molecule has 10 nitrogen and oxygen atoms in total. The lowest BCUT2D eigenvalue weighted by atomic mass is 9.76. The number of amides is 1. The highest BCUT2D eigenvalue weighted by Crippen LogP contribution is 2.55. The number of esters is 2. The van der Waals surface area contributed by atoms with E-state index in [2.05, 4.69) is 6.92 Å². The van der Waals surface area contributed by atoms with Gasteiger partial charge in [0.15, 0.2) is 6.29 Å². The van der Waals surface area contributed by atoms with Gasteiger partial charge in [-0.1, -0.05) is 72.8 Å². The summed E-state index contributed by atoms with van der Waals surface area (Å²) in [6.07, 6.45) is 2.38. The van der Waals surface area contributed by atoms with Gasteiger partial charge in [-0.15, -0.1) is 0 Å². The second-order valence-electron chi connectivity index (χ2n) is 14.1. The van der Waals surface area contributed by atoms with Crippen LogP contribution in [0.2, 0.25) is 0 Å². The largest absolute Gasteiger partial charge is 0.497 e. The van der Waals surface area contributed by atoms with Gasteiger partial charge >= 0.3 is 11.9 Å². The van der Waals surface area contributed by atoms with Gasteiger partial charge in [0, 0.05) is 19.6 Å².